The van der Waals surface area contributed by atoms with Gasteiger partial charge in [0, 0.05) is 13.1 Å². The Kier molecular flexibility index (Phi) is 6.93. The summed E-state index contributed by atoms with van der Waals surface area (Å²) < 4.78 is 33.3. The molecular formula is C22H27ClN2O4S. The molecule has 0 unspecified atom stereocenters. The average molecular weight is 451 g/mol. The van der Waals surface area contributed by atoms with Gasteiger partial charge in [0.2, 0.25) is 5.91 Å². The van der Waals surface area contributed by atoms with Crippen molar-refractivity contribution in [2.75, 3.05) is 31.0 Å². The molecule has 3 rings (SSSR count). The fourth-order valence-corrected chi connectivity index (χ4v) is 5.26. The van der Waals surface area contributed by atoms with E-state index in [2.05, 4.69) is 6.92 Å². The van der Waals surface area contributed by atoms with Gasteiger partial charge in [-0.3, -0.25) is 9.10 Å². The summed E-state index contributed by atoms with van der Waals surface area (Å²) in [6.07, 6.45) is 2.00. The molecule has 30 heavy (non-hydrogen) atoms. The molecule has 8 heteroatoms. The number of likely N-dealkylation sites (tertiary alicyclic amines) is 1. The van der Waals surface area contributed by atoms with Crippen molar-refractivity contribution in [2.24, 2.45) is 5.92 Å². The summed E-state index contributed by atoms with van der Waals surface area (Å²) in [5.41, 5.74) is 1.27. The quantitative estimate of drug-likeness (QED) is 0.664. The Morgan fingerprint density at radius 1 is 1.23 bits per heavy atom. The number of aryl methyl sites for hydroxylation is 1. The molecule has 1 heterocycles. The van der Waals surface area contributed by atoms with Crippen molar-refractivity contribution in [1.82, 2.24) is 4.90 Å². The van der Waals surface area contributed by atoms with Gasteiger partial charge in [0.05, 0.1) is 22.7 Å². The fraction of sp³-hybridized carbons (Fsp3) is 0.409. The van der Waals surface area contributed by atoms with Crippen LogP contribution in [0.5, 0.6) is 5.75 Å². The largest absolute Gasteiger partial charge is 0.495 e. The third kappa shape index (κ3) is 4.90. The zero-order valence-corrected chi connectivity index (χ0v) is 19.0. The number of piperidine rings is 1. The topological polar surface area (TPSA) is 66.9 Å². The van der Waals surface area contributed by atoms with Gasteiger partial charge in [-0.25, -0.2) is 8.42 Å². The highest BCUT2D eigenvalue weighted by Crippen LogP contribution is 2.32. The number of anilines is 1. The highest BCUT2D eigenvalue weighted by molar-refractivity contribution is 7.92. The van der Waals surface area contributed by atoms with E-state index in [-0.39, 0.29) is 22.4 Å². The normalized spacial score (nSPS) is 16.9. The van der Waals surface area contributed by atoms with Gasteiger partial charge in [-0.1, -0.05) is 36.2 Å². The number of sulfonamides is 1. The number of methoxy groups -OCH3 is 1. The van der Waals surface area contributed by atoms with Crippen LogP contribution in [0.3, 0.4) is 0 Å². The maximum Gasteiger partial charge on any atom is 0.264 e. The number of benzene rings is 2. The summed E-state index contributed by atoms with van der Waals surface area (Å²) in [6, 6.07) is 11.3. The van der Waals surface area contributed by atoms with Gasteiger partial charge in [-0.05, 0) is 56.0 Å². The summed E-state index contributed by atoms with van der Waals surface area (Å²) in [5.74, 6) is 0.619. The lowest BCUT2D eigenvalue weighted by Gasteiger charge is -2.33. The van der Waals surface area contributed by atoms with Crippen LogP contribution >= 0.6 is 11.6 Å². The third-order valence-corrected chi connectivity index (χ3v) is 7.40. The van der Waals surface area contributed by atoms with E-state index in [1.165, 1.54) is 13.2 Å². The van der Waals surface area contributed by atoms with Crippen molar-refractivity contribution >= 4 is 33.2 Å². The number of amides is 1. The van der Waals surface area contributed by atoms with Crippen molar-refractivity contribution in [1.29, 1.82) is 0 Å². The SMILES string of the molecule is COc1ccc(N(CC(=O)N2CCC[C@H](C)C2)S(=O)(=O)c2ccc(C)cc2)cc1Cl. The monoisotopic (exact) mass is 450 g/mol. The number of ether oxygens (including phenoxy) is 1. The maximum atomic E-state index is 13.5. The Morgan fingerprint density at radius 2 is 1.93 bits per heavy atom. The summed E-state index contributed by atoms with van der Waals surface area (Å²) in [4.78, 5) is 14.9. The Morgan fingerprint density at radius 3 is 2.53 bits per heavy atom. The smallest absolute Gasteiger partial charge is 0.264 e. The van der Waals surface area contributed by atoms with Crippen LogP contribution in [-0.4, -0.2) is 46.0 Å². The van der Waals surface area contributed by atoms with Gasteiger partial charge in [0.25, 0.3) is 10.0 Å². The first kappa shape index (κ1) is 22.4. The minimum atomic E-state index is -3.97. The lowest BCUT2D eigenvalue weighted by atomic mass is 10.0. The molecule has 0 aromatic heterocycles. The minimum absolute atomic E-state index is 0.125. The molecular weight excluding hydrogens is 424 g/mol. The minimum Gasteiger partial charge on any atom is -0.495 e. The molecule has 0 bridgehead atoms. The first-order chi connectivity index (χ1) is 14.2. The van der Waals surface area contributed by atoms with E-state index >= 15 is 0 Å². The molecule has 0 radical (unpaired) electrons. The average Bonchev–Trinajstić information content (AvgIpc) is 2.72. The first-order valence-corrected chi connectivity index (χ1v) is 11.7. The summed E-state index contributed by atoms with van der Waals surface area (Å²) >= 11 is 6.25. The molecule has 2 aromatic carbocycles. The molecule has 6 nitrogen and oxygen atoms in total. The van der Waals surface area contributed by atoms with E-state index in [4.69, 9.17) is 16.3 Å². The summed E-state index contributed by atoms with van der Waals surface area (Å²) in [6.45, 7) is 4.99. The Bertz CT molecular complexity index is 1010. The molecule has 0 N–H and O–H groups in total. The van der Waals surface area contributed by atoms with Crippen LogP contribution in [0.4, 0.5) is 5.69 Å². The Balaban J connectivity index is 1.99. The van der Waals surface area contributed by atoms with E-state index in [1.54, 1.807) is 41.3 Å². The van der Waals surface area contributed by atoms with Gasteiger partial charge in [-0.15, -0.1) is 0 Å². The molecule has 1 amide bonds. The molecule has 1 fully saturated rings. The van der Waals surface area contributed by atoms with Gasteiger partial charge in [0.15, 0.2) is 0 Å². The van der Waals surface area contributed by atoms with Crippen molar-refractivity contribution in [3.05, 3.63) is 53.1 Å². The zero-order chi connectivity index (χ0) is 21.9. The van der Waals surface area contributed by atoms with Crippen LogP contribution in [-0.2, 0) is 14.8 Å². The van der Waals surface area contributed by atoms with Crippen LogP contribution in [0.15, 0.2) is 47.4 Å². The van der Waals surface area contributed by atoms with Crippen molar-refractivity contribution in [2.45, 2.75) is 31.6 Å². The predicted molar refractivity (Wildman–Crippen MR) is 119 cm³/mol. The van der Waals surface area contributed by atoms with E-state index < -0.39 is 10.0 Å². The Hall–Kier alpha value is -2.25. The Labute approximate surface area is 183 Å². The molecule has 162 valence electrons. The number of hydrogen-bond acceptors (Lipinski definition) is 4. The molecule has 1 saturated heterocycles. The number of nitrogens with zero attached hydrogens (tertiary/aromatic N) is 2. The predicted octanol–water partition coefficient (Wildman–Crippen LogP) is 4.11. The molecule has 1 atom stereocenters. The molecule has 0 saturated carbocycles. The highest BCUT2D eigenvalue weighted by atomic mass is 35.5. The van der Waals surface area contributed by atoms with Crippen LogP contribution in [0.2, 0.25) is 5.02 Å². The van der Waals surface area contributed by atoms with Gasteiger partial charge < -0.3 is 9.64 Å². The third-order valence-electron chi connectivity index (χ3n) is 5.32. The lowest BCUT2D eigenvalue weighted by Crippen LogP contribution is -2.46. The number of rotatable bonds is 6. The second kappa shape index (κ2) is 9.27. The second-order valence-corrected chi connectivity index (χ2v) is 10.0. The zero-order valence-electron chi connectivity index (χ0n) is 17.5. The number of hydrogen-bond donors (Lipinski definition) is 0. The summed E-state index contributed by atoms with van der Waals surface area (Å²) in [7, 11) is -2.48. The van der Waals surface area contributed by atoms with E-state index in [0.717, 1.165) is 22.7 Å². The molecule has 2 aromatic rings. The van der Waals surface area contributed by atoms with Crippen LogP contribution in [0.1, 0.15) is 25.3 Å². The second-order valence-electron chi connectivity index (χ2n) is 7.73. The summed E-state index contributed by atoms with van der Waals surface area (Å²) in [5, 5.41) is 0.276. The maximum absolute atomic E-state index is 13.5. The molecule has 0 spiro atoms. The van der Waals surface area contributed by atoms with Crippen LogP contribution in [0.25, 0.3) is 0 Å². The fourth-order valence-electron chi connectivity index (χ4n) is 3.60. The van der Waals surface area contributed by atoms with Crippen LogP contribution < -0.4 is 9.04 Å². The standard InChI is InChI=1S/C22H27ClN2O4S/c1-16-6-9-19(10-7-16)30(27,28)25(18-8-11-21(29-3)20(23)13-18)15-22(26)24-12-4-5-17(2)14-24/h6-11,13,17H,4-5,12,14-15H2,1-3H3/t17-/m0/s1. The number of carbonyl (C=O) groups is 1. The van der Waals surface area contributed by atoms with Crippen molar-refractivity contribution < 1.29 is 17.9 Å². The number of halogens is 1. The van der Waals surface area contributed by atoms with E-state index in [1.807, 2.05) is 6.92 Å². The van der Waals surface area contributed by atoms with Crippen molar-refractivity contribution in [3.63, 3.8) is 0 Å². The lowest BCUT2D eigenvalue weighted by molar-refractivity contribution is -0.131. The van der Waals surface area contributed by atoms with Gasteiger partial charge in [-0.2, -0.15) is 0 Å². The van der Waals surface area contributed by atoms with Gasteiger partial charge >= 0.3 is 0 Å². The van der Waals surface area contributed by atoms with E-state index in [0.29, 0.717) is 30.4 Å². The number of carbonyl (C=O) groups excluding carboxylic acids is 1. The molecule has 1 aliphatic heterocycles. The van der Waals surface area contributed by atoms with E-state index in [9.17, 15) is 13.2 Å². The highest BCUT2D eigenvalue weighted by Gasteiger charge is 2.30. The van der Waals surface area contributed by atoms with Crippen molar-refractivity contribution in [3.8, 4) is 5.75 Å². The molecule has 0 aliphatic carbocycles. The first-order valence-electron chi connectivity index (χ1n) is 9.93. The van der Waals surface area contributed by atoms with Crippen LogP contribution in [0, 0.1) is 12.8 Å². The molecule has 1 aliphatic rings. The van der Waals surface area contributed by atoms with Gasteiger partial charge in [0.1, 0.15) is 12.3 Å².